The quantitative estimate of drug-likeness (QED) is 0.797. The Bertz CT molecular complexity index is 757. The van der Waals surface area contributed by atoms with E-state index in [0.717, 1.165) is 16.6 Å². The molecule has 0 aliphatic rings. The summed E-state index contributed by atoms with van der Waals surface area (Å²) >= 11 is 0. The van der Waals surface area contributed by atoms with Gasteiger partial charge in [-0.2, -0.15) is 0 Å². The van der Waals surface area contributed by atoms with E-state index in [2.05, 4.69) is 10.3 Å². The fourth-order valence-corrected chi connectivity index (χ4v) is 2.00. The highest BCUT2D eigenvalue weighted by Crippen LogP contribution is 2.12. The minimum Gasteiger partial charge on any atom is -0.410 e. The van der Waals surface area contributed by atoms with Gasteiger partial charge in [0, 0.05) is 5.39 Å². The Morgan fingerprint density at radius 1 is 0.952 bits per heavy atom. The maximum atomic E-state index is 11.7. The van der Waals surface area contributed by atoms with Gasteiger partial charge in [-0.1, -0.05) is 42.5 Å². The van der Waals surface area contributed by atoms with Crippen molar-refractivity contribution in [2.75, 3.05) is 0 Å². The standard InChI is InChI=1S/C17H14N2O2/c20-17(21-15-7-2-1-3-8-15)18-12-14-11-10-13-6-4-5-9-16(13)19-14/h1-11H,12H2,(H,18,20). The van der Waals surface area contributed by atoms with E-state index < -0.39 is 6.09 Å². The lowest BCUT2D eigenvalue weighted by Crippen LogP contribution is -2.26. The van der Waals surface area contributed by atoms with Crippen LogP contribution in [0.2, 0.25) is 0 Å². The zero-order chi connectivity index (χ0) is 14.5. The number of carbonyl (C=O) groups excluding carboxylic acids is 1. The van der Waals surface area contributed by atoms with Gasteiger partial charge >= 0.3 is 6.09 Å². The van der Waals surface area contributed by atoms with E-state index in [1.54, 1.807) is 12.1 Å². The van der Waals surface area contributed by atoms with Gasteiger partial charge in [0.2, 0.25) is 0 Å². The van der Waals surface area contributed by atoms with E-state index in [9.17, 15) is 4.79 Å². The van der Waals surface area contributed by atoms with Crippen LogP contribution in [-0.2, 0) is 6.54 Å². The molecule has 1 amide bonds. The van der Waals surface area contributed by atoms with Gasteiger partial charge in [0.25, 0.3) is 0 Å². The predicted molar refractivity (Wildman–Crippen MR) is 81.0 cm³/mol. The maximum absolute atomic E-state index is 11.7. The van der Waals surface area contributed by atoms with Gasteiger partial charge in [-0.15, -0.1) is 0 Å². The molecule has 0 saturated heterocycles. The largest absolute Gasteiger partial charge is 0.412 e. The van der Waals surface area contributed by atoms with Crippen molar-refractivity contribution in [1.29, 1.82) is 0 Å². The Balaban J connectivity index is 1.62. The van der Waals surface area contributed by atoms with Crippen molar-refractivity contribution in [2.24, 2.45) is 0 Å². The molecule has 4 nitrogen and oxygen atoms in total. The lowest BCUT2D eigenvalue weighted by molar-refractivity contribution is 0.200. The number of nitrogens with zero attached hydrogens (tertiary/aromatic N) is 1. The number of fused-ring (bicyclic) bond motifs is 1. The lowest BCUT2D eigenvalue weighted by atomic mass is 10.2. The molecular formula is C17H14N2O2. The topological polar surface area (TPSA) is 51.2 Å². The van der Waals surface area contributed by atoms with E-state index in [-0.39, 0.29) is 0 Å². The van der Waals surface area contributed by atoms with Crippen molar-refractivity contribution in [2.45, 2.75) is 6.54 Å². The molecule has 3 rings (SSSR count). The van der Waals surface area contributed by atoms with E-state index in [1.165, 1.54) is 0 Å². The number of carbonyl (C=O) groups is 1. The third-order valence-corrected chi connectivity index (χ3v) is 3.02. The second-order valence-electron chi connectivity index (χ2n) is 4.55. The highest BCUT2D eigenvalue weighted by Gasteiger charge is 2.04. The second kappa shape index (κ2) is 6.05. The molecule has 4 heteroatoms. The summed E-state index contributed by atoms with van der Waals surface area (Å²) in [5.74, 6) is 0.515. The van der Waals surface area contributed by atoms with Crippen LogP contribution < -0.4 is 10.1 Å². The van der Waals surface area contributed by atoms with Crippen LogP contribution in [0.1, 0.15) is 5.69 Å². The zero-order valence-corrected chi connectivity index (χ0v) is 11.3. The first-order valence-corrected chi connectivity index (χ1v) is 6.67. The number of benzene rings is 2. The van der Waals surface area contributed by atoms with Crippen LogP contribution in [0, 0.1) is 0 Å². The molecule has 1 heterocycles. The Morgan fingerprint density at radius 2 is 1.71 bits per heavy atom. The molecule has 0 radical (unpaired) electrons. The number of rotatable bonds is 3. The molecule has 1 aromatic heterocycles. The highest BCUT2D eigenvalue weighted by atomic mass is 16.5. The summed E-state index contributed by atoms with van der Waals surface area (Å²) in [5.41, 5.74) is 1.70. The average Bonchev–Trinajstić information content (AvgIpc) is 2.54. The average molecular weight is 278 g/mol. The van der Waals surface area contributed by atoms with Gasteiger partial charge < -0.3 is 10.1 Å². The fourth-order valence-electron chi connectivity index (χ4n) is 2.00. The van der Waals surface area contributed by atoms with Crippen LogP contribution in [0.5, 0.6) is 5.75 Å². The Kier molecular flexibility index (Phi) is 3.78. The summed E-state index contributed by atoms with van der Waals surface area (Å²) in [6, 6.07) is 20.7. The second-order valence-corrected chi connectivity index (χ2v) is 4.55. The van der Waals surface area contributed by atoms with Crippen LogP contribution in [-0.4, -0.2) is 11.1 Å². The normalized spacial score (nSPS) is 10.3. The van der Waals surface area contributed by atoms with Crippen LogP contribution in [0.25, 0.3) is 10.9 Å². The summed E-state index contributed by atoms with van der Waals surface area (Å²) in [6.45, 7) is 0.330. The number of hydrogen-bond acceptors (Lipinski definition) is 3. The van der Waals surface area contributed by atoms with Gasteiger partial charge in [0.1, 0.15) is 5.75 Å². The molecule has 0 saturated carbocycles. The smallest absolute Gasteiger partial charge is 0.410 e. The molecule has 104 valence electrons. The molecule has 21 heavy (non-hydrogen) atoms. The van der Waals surface area contributed by atoms with Crippen LogP contribution in [0.3, 0.4) is 0 Å². The molecule has 0 bridgehead atoms. The predicted octanol–water partition coefficient (Wildman–Crippen LogP) is 3.52. The third kappa shape index (κ3) is 3.36. The van der Waals surface area contributed by atoms with Crippen LogP contribution >= 0.6 is 0 Å². The van der Waals surface area contributed by atoms with Crippen molar-refractivity contribution >= 4 is 17.0 Å². The molecule has 0 unspecified atom stereocenters. The summed E-state index contributed by atoms with van der Waals surface area (Å²) in [7, 11) is 0. The Labute approximate surface area is 122 Å². The minimum absolute atomic E-state index is 0.330. The molecule has 0 aliphatic heterocycles. The first-order valence-electron chi connectivity index (χ1n) is 6.67. The Morgan fingerprint density at radius 3 is 2.57 bits per heavy atom. The number of nitrogens with one attached hydrogen (secondary N) is 1. The SMILES string of the molecule is O=C(NCc1ccc2ccccc2n1)Oc1ccccc1. The lowest BCUT2D eigenvalue weighted by Gasteiger charge is -2.07. The maximum Gasteiger partial charge on any atom is 0.412 e. The highest BCUT2D eigenvalue weighted by molar-refractivity contribution is 5.78. The van der Waals surface area contributed by atoms with Crippen molar-refractivity contribution in [3.8, 4) is 5.75 Å². The van der Waals surface area contributed by atoms with E-state index in [4.69, 9.17) is 4.74 Å². The minimum atomic E-state index is -0.490. The third-order valence-electron chi connectivity index (χ3n) is 3.02. The zero-order valence-electron chi connectivity index (χ0n) is 11.3. The summed E-state index contributed by atoms with van der Waals surface area (Å²) in [5, 5.41) is 3.77. The van der Waals surface area contributed by atoms with Crippen molar-refractivity contribution < 1.29 is 9.53 Å². The molecule has 0 spiro atoms. The van der Waals surface area contributed by atoms with Gasteiger partial charge in [0.05, 0.1) is 17.8 Å². The Hall–Kier alpha value is -2.88. The number of ether oxygens (including phenoxy) is 1. The number of pyridine rings is 1. The number of hydrogen-bond donors (Lipinski definition) is 1. The molecule has 2 aromatic carbocycles. The van der Waals surface area contributed by atoms with Crippen molar-refractivity contribution in [3.05, 3.63) is 72.4 Å². The summed E-state index contributed by atoms with van der Waals surface area (Å²) < 4.78 is 5.15. The van der Waals surface area contributed by atoms with E-state index in [0.29, 0.717) is 12.3 Å². The van der Waals surface area contributed by atoms with Gasteiger partial charge in [-0.05, 0) is 24.3 Å². The molecule has 0 aliphatic carbocycles. The number of amides is 1. The monoisotopic (exact) mass is 278 g/mol. The van der Waals surface area contributed by atoms with Gasteiger partial charge in [0.15, 0.2) is 0 Å². The molecule has 3 aromatic rings. The van der Waals surface area contributed by atoms with Crippen LogP contribution in [0.4, 0.5) is 4.79 Å². The molecule has 0 fully saturated rings. The van der Waals surface area contributed by atoms with Gasteiger partial charge in [-0.3, -0.25) is 4.98 Å². The first kappa shape index (κ1) is 13.1. The molecule has 1 N–H and O–H groups in total. The number of aromatic nitrogens is 1. The van der Waals surface area contributed by atoms with Crippen molar-refractivity contribution in [1.82, 2.24) is 10.3 Å². The molecular weight excluding hydrogens is 264 g/mol. The van der Waals surface area contributed by atoms with E-state index in [1.807, 2.05) is 54.6 Å². The first-order chi connectivity index (χ1) is 10.3. The van der Waals surface area contributed by atoms with Crippen molar-refractivity contribution in [3.63, 3.8) is 0 Å². The van der Waals surface area contributed by atoms with Gasteiger partial charge in [-0.25, -0.2) is 4.79 Å². The summed E-state index contributed by atoms with van der Waals surface area (Å²) in [6.07, 6.45) is -0.490. The van der Waals surface area contributed by atoms with Crippen LogP contribution in [0.15, 0.2) is 66.7 Å². The van der Waals surface area contributed by atoms with E-state index >= 15 is 0 Å². The summed E-state index contributed by atoms with van der Waals surface area (Å²) in [4.78, 5) is 16.2. The number of para-hydroxylation sites is 2. The molecule has 0 atom stereocenters. The fraction of sp³-hybridized carbons (Fsp3) is 0.0588.